The number of carboxylic acid groups (broad SMARTS) is 1. The van der Waals surface area contributed by atoms with Gasteiger partial charge in [0.2, 0.25) is 0 Å². The Morgan fingerprint density at radius 3 is 2.24 bits per heavy atom. The Hall–Kier alpha value is -1.01. The van der Waals surface area contributed by atoms with Crippen LogP contribution in [0.5, 0.6) is 0 Å². The number of hydrogen-bond donors (Lipinski definition) is 2. The van der Waals surface area contributed by atoms with Crippen molar-refractivity contribution in [3.05, 3.63) is 0 Å². The first-order valence-corrected chi connectivity index (χ1v) is 4.98. The number of carbonyl (C=O) groups is 2. The molecule has 102 valence electrons. The first kappa shape index (κ1) is 18.4. The number of aliphatic carboxylic acids is 1. The van der Waals surface area contributed by atoms with E-state index in [0.717, 1.165) is 0 Å². The van der Waals surface area contributed by atoms with Crippen molar-refractivity contribution >= 4 is 24.5 Å². The molecule has 0 saturated heterocycles. The topological polar surface area (TPSA) is 84.9 Å². The van der Waals surface area contributed by atoms with Gasteiger partial charge < -0.3 is 19.9 Å². The van der Waals surface area contributed by atoms with E-state index in [0.29, 0.717) is 0 Å². The van der Waals surface area contributed by atoms with E-state index in [1.165, 1.54) is 7.11 Å². The molecule has 0 spiro atoms. The molecule has 2 N–H and O–H groups in total. The van der Waals surface area contributed by atoms with E-state index in [2.05, 4.69) is 5.32 Å². The third kappa shape index (κ3) is 9.89. The van der Waals surface area contributed by atoms with Crippen LogP contribution in [0, 0.1) is 0 Å². The minimum Gasteiger partial charge on any atom is -0.479 e. The van der Waals surface area contributed by atoms with Crippen molar-refractivity contribution < 1.29 is 24.2 Å². The highest BCUT2D eigenvalue weighted by Crippen LogP contribution is 2.06. The molecular weight excluding hydrogens is 250 g/mol. The number of methoxy groups -OCH3 is 1. The summed E-state index contributed by atoms with van der Waals surface area (Å²) in [5.74, 6) is -1.05. The van der Waals surface area contributed by atoms with Crippen LogP contribution in [0.1, 0.15) is 27.2 Å². The van der Waals surface area contributed by atoms with Crippen LogP contribution >= 0.6 is 12.4 Å². The van der Waals surface area contributed by atoms with E-state index in [-0.39, 0.29) is 25.4 Å². The Morgan fingerprint density at radius 2 is 1.88 bits per heavy atom. The van der Waals surface area contributed by atoms with E-state index in [1.54, 1.807) is 20.8 Å². The lowest BCUT2D eigenvalue weighted by Crippen LogP contribution is -2.35. The van der Waals surface area contributed by atoms with Gasteiger partial charge in [-0.25, -0.2) is 9.59 Å². The molecular formula is C10H20ClNO5. The van der Waals surface area contributed by atoms with Crippen molar-refractivity contribution in [2.45, 2.75) is 38.9 Å². The maximum atomic E-state index is 11.2. The highest BCUT2D eigenvalue weighted by atomic mass is 35.5. The van der Waals surface area contributed by atoms with Gasteiger partial charge in [0.05, 0.1) is 0 Å². The molecule has 0 saturated carbocycles. The number of hydrogen-bond acceptors (Lipinski definition) is 4. The van der Waals surface area contributed by atoms with Crippen LogP contribution in [-0.2, 0) is 14.3 Å². The van der Waals surface area contributed by atoms with Crippen LogP contribution in [0.25, 0.3) is 0 Å². The number of nitrogens with one attached hydrogen (secondary N) is 1. The van der Waals surface area contributed by atoms with Crippen LogP contribution in [0.15, 0.2) is 0 Å². The molecule has 17 heavy (non-hydrogen) atoms. The van der Waals surface area contributed by atoms with Gasteiger partial charge in [-0.3, -0.25) is 0 Å². The molecule has 1 atom stereocenters. The first-order valence-electron chi connectivity index (χ1n) is 4.98. The molecule has 0 aromatic rings. The van der Waals surface area contributed by atoms with Gasteiger partial charge in [-0.05, 0) is 20.8 Å². The summed E-state index contributed by atoms with van der Waals surface area (Å²) >= 11 is 0. The second-order valence-corrected chi connectivity index (χ2v) is 4.28. The smallest absolute Gasteiger partial charge is 0.407 e. The Bertz CT molecular complexity index is 252. The second kappa shape index (κ2) is 8.14. The molecule has 6 nitrogen and oxygen atoms in total. The van der Waals surface area contributed by atoms with Crippen LogP contribution in [-0.4, -0.2) is 42.5 Å². The maximum Gasteiger partial charge on any atom is 0.407 e. The van der Waals surface area contributed by atoms with E-state index >= 15 is 0 Å². The zero-order valence-electron chi connectivity index (χ0n) is 10.5. The van der Waals surface area contributed by atoms with Crippen LogP contribution < -0.4 is 5.32 Å². The summed E-state index contributed by atoms with van der Waals surface area (Å²) in [6, 6.07) is 0. The molecule has 0 radical (unpaired) electrons. The molecule has 1 amide bonds. The molecule has 0 rings (SSSR count). The van der Waals surface area contributed by atoms with Crippen LogP contribution in [0.3, 0.4) is 0 Å². The Balaban J connectivity index is 0. The van der Waals surface area contributed by atoms with Crippen LogP contribution in [0.4, 0.5) is 4.79 Å². The molecule has 0 aromatic carbocycles. The Labute approximate surface area is 107 Å². The monoisotopic (exact) mass is 269 g/mol. The number of carboxylic acids is 1. The van der Waals surface area contributed by atoms with E-state index in [1.807, 2.05) is 0 Å². The van der Waals surface area contributed by atoms with E-state index in [4.69, 9.17) is 14.6 Å². The highest BCUT2D eigenvalue weighted by Gasteiger charge is 2.18. The van der Waals surface area contributed by atoms with Crippen molar-refractivity contribution in [1.29, 1.82) is 0 Å². The highest BCUT2D eigenvalue weighted by molar-refractivity contribution is 5.85. The second-order valence-electron chi connectivity index (χ2n) is 4.28. The third-order valence-electron chi connectivity index (χ3n) is 1.63. The van der Waals surface area contributed by atoms with Crippen molar-refractivity contribution in [2.75, 3.05) is 13.7 Å². The average molecular weight is 270 g/mol. The van der Waals surface area contributed by atoms with Crippen molar-refractivity contribution in [1.82, 2.24) is 5.32 Å². The number of amides is 1. The minimum absolute atomic E-state index is 0. The van der Waals surface area contributed by atoms with Gasteiger partial charge in [0.15, 0.2) is 6.10 Å². The first-order chi connectivity index (χ1) is 7.26. The number of ether oxygens (including phenoxy) is 2. The largest absolute Gasteiger partial charge is 0.479 e. The van der Waals surface area contributed by atoms with Gasteiger partial charge in [0, 0.05) is 20.1 Å². The summed E-state index contributed by atoms with van der Waals surface area (Å²) in [5.41, 5.74) is -0.558. The predicted octanol–water partition coefficient (Wildman–Crippen LogP) is 1.42. The molecule has 0 unspecified atom stereocenters. The van der Waals surface area contributed by atoms with Crippen molar-refractivity contribution in [3.63, 3.8) is 0 Å². The normalized spacial score (nSPS) is 12.2. The Kier molecular flexibility index (Phi) is 8.79. The standard InChI is InChI=1S/C10H19NO5.ClH/c1-10(2,3)16-9(14)11-6-5-7(15-4)8(12)13;/h7H,5-6H2,1-4H3,(H,11,14)(H,12,13);1H/t7-;/m1./s1. The van der Waals surface area contributed by atoms with Gasteiger partial charge >= 0.3 is 12.1 Å². The fourth-order valence-corrected chi connectivity index (χ4v) is 0.962. The lowest BCUT2D eigenvalue weighted by molar-refractivity contribution is -0.148. The molecule has 7 heteroatoms. The zero-order chi connectivity index (χ0) is 12.8. The van der Waals surface area contributed by atoms with Gasteiger partial charge in [-0.1, -0.05) is 0 Å². The molecule has 0 aliphatic heterocycles. The summed E-state index contributed by atoms with van der Waals surface area (Å²) in [6.45, 7) is 5.45. The predicted molar refractivity (Wildman–Crippen MR) is 64.5 cm³/mol. The molecule has 0 heterocycles. The fraction of sp³-hybridized carbons (Fsp3) is 0.800. The number of carbonyl (C=O) groups excluding carboxylic acids is 1. The van der Waals surface area contributed by atoms with Gasteiger partial charge in [0.25, 0.3) is 0 Å². The van der Waals surface area contributed by atoms with Gasteiger partial charge in [0.1, 0.15) is 5.60 Å². The number of halogens is 1. The van der Waals surface area contributed by atoms with E-state index < -0.39 is 23.8 Å². The summed E-state index contributed by atoms with van der Waals surface area (Å²) in [6.07, 6.45) is -1.27. The molecule has 0 fully saturated rings. The van der Waals surface area contributed by atoms with Crippen molar-refractivity contribution in [3.8, 4) is 0 Å². The fourth-order valence-electron chi connectivity index (χ4n) is 0.962. The van der Waals surface area contributed by atoms with Gasteiger partial charge in [-0.2, -0.15) is 0 Å². The Morgan fingerprint density at radius 1 is 1.35 bits per heavy atom. The molecule has 0 bridgehead atoms. The number of rotatable bonds is 5. The summed E-state index contributed by atoms with van der Waals surface area (Å²) in [5, 5.41) is 11.1. The quantitative estimate of drug-likeness (QED) is 0.788. The molecule has 0 aliphatic rings. The van der Waals surface area contributed by atoms with Crippen molar-refractivity contribution in [2.24, 2.45) is 0 Å². The third-order valence-corrected chi connectivity index (χ3v) is 1.63. The summed E-state index contributed by atoms with van der Waals surface area (Å²) in [7, 11) is 1.31. The van der Waals surface area contributed by atoms with E-state index in [9.17, 15) is 9.59 Å². The average Bonchev–Trinajstić information content (AvgIpc) is 2.08. The lowest BCUT2D eigenvalue weighted by atomic mass is 10.2. The maximum absolute atomic E-state index is 11.2. The van der Waals surface area contributed by atoms with Gasteiger partial charge in [-0.15, -0.1) is 12.4 Å². The minimum atomic E-state index is -1.05. The summed E-state index contributed by atoms with van der Waals surface area (Å²) in [4.78, 5) is 21.7. The number of alkyl carbamates (subject to hydrolysis) is 1. The zero-order valence-corrected chi connectivity index (χ0v) is 11.3. The SMILES string of the molecule is CO[C@H](CCNC(=O)OC(C)(C)C)C(=O)O.Cl. The van der Waals surface area contributed by atoms with Crippen LogP contribution in [0.2, 0.25) is 0 Å². The molecule has 0 aliphatic carbocycles. The molecule has 0 aromatic heterocycles. The lowest BCUT2D eigenvalue weighted by Gasteiger charge is -2.20. The summed E-state index contributed by atoms with van der Waals surface area (Å²) < 4.78 is 9.68.